The lowest BCUT2D eigenvalue weighted by atomic mass is 9.96. The smallest absolute Gasteiger partial charge is 0.139 e. The third-order valence-corrected chi connectivity index (χ3v) is 4.36. The van der Waals surface area contributed by atoms with Gasteiger partial charge in [0.2, 0.25) is 0 Å². The first-order valence-electron chi connectivity index (χ1n) is 7.01. The number of amidine groups is 1. The Bertz CT molecular complexity index is 261. The summed E-state index contributed by atoms with van der Waals surface area (Å²) >= 11 is 0. The van der Waals surface area contributed by atoms with Crippen LogP contribution in [0.25, 0.3) is 0 Å². The first-order valence-corrected chi connectivity index (χ1v) is 7.01. The number of hydrogen-bond acceptors (Lipinski definition) is 3. The molecule has 1 saturated heterocycles. The van der Waals surface area contributed by atoms with Crippen LogP contribution in [-0.4, -0.2) is 35.1 Å². The van der Waals surface area contributed by atoms with Gasteiger partial charge in [-0.1, -0.05) is 18.0 Å². The molecule has 17 heavy (non-hydrogen) atoms. The maximum Gasteiger partial charge on any atom is 0.139 e. The number of oxime groups is 1. The lowest BCUT2D eigenvalue weighted by Gasteiger charge is -2.29. The Labute approximate surface area is 104 Å². The van der Waals surface area contributed by atoms with Gasteiger partial charge in [-0.05, 0) is 51.1 Å². The highest BCUT2D eigenvalue weighted by Gasteiger charge is 2.32. The van der Waals surface area contributed by atoms with Crippen molar-refractivity contribution < 1.29 is 5.21 Å². The summed E-state index contributed by atoms with van der Waals surface area (Å²) in [5.41, 5.74) is 5.50. The zero-order chi connectivity index (χ0) is 12.1. The molecule has 4 heteroatoms. The molecule has 1 atom stereocenters. The third-order valence-electron chi connectivity index (χ3n) is 4.36. The molecule has 1 aliphatic carbocycles. The molecule has 3 N–H and O–H groups in total. The van der Waals surface area contributed by atoms with E-state index in [1.165, 1.54) is 45.1 Å². The topological polar surface area (TPSA) is 61.8 Å². The molecule has 0 bridgehead atoms. The van der Waals surface area contributed by atoms with Gasteiger partial charge in [-0.2, -0.15) is 0 Å². The predicted molar refractivity (Wildman–Crippen MR) is 69.2 cm³/mol. The van der Waals surface area contributed by atoms with Crippen molar-refractivity contribution in [2.24, 2.45) is 16.8 Å². The summed E-state index contributed by atoms with van der Waals surface area (Å²) in [5, 5.41) is 11.5. The fourth-order valence-corrected chi connectivity index (χ4v) is 3.52. The van der Waals surface area contributed by atoms with Crippen molar-refractivity contribution >= 4 is 5.84 Å². The van der Waals surface area contributed by atoms with Crippen LogP contribution in [-0.2, 0) is 0 Å². The Hall–Kier alpha value is -0.770. The van der Waals surface area contributed by atoms with Crippen LogP contribution < -0.4 is 5.73 Å². The van der Waals surface area contributed by atoms with E-state index in [0.29, 0.717) is 12.3 Å². The number of nitrogens with zero attached hydrogens (tertiary/aromatic N) is 2. The van der Waals surface area contributed by atoms with Crippen molar-refractivity contribution in [3.05, 3.63) is 0 Å². The van der Waals surface area contributed by atoms with Crippen molar-refractivity contribution in [3.63, 3.8) is 0 Å². The second-order valence-electron chi connectivity index (χ2n) is 5.48. The Morgan fingerprint density at radius 2 is 2.00 bits per heavy atom. The molecular formula is C13H25N3O. The Morgan fingerprint density at radius 1 is 1.24 bits per heavy atom. The monoisotopic (exact) mass is 239 g/mol. The highest BCUT2D eigenvalue weighted by molar-refractivity contribution is 5.79. The minimum absolute atomic E-state index is 0.363. The van der Waals surface area contributed by atoms with E-state index in [2.05, 4.69) is 10.1 Å². The van der Waals surface area contributed by atoms with Gasteiger partial charge in [0.1, 0.15) is 5.84 Å². The first-order chi connectivity index (χ1) is 8.31. The predicted octanol–water partition coefficient (Wildman–Crippen LogP) is 2.17. The van der Waals surface area contributed by atoms with E-state index < -0.39 is 0 Å². The number of nitrogens with two attached hydrogens (primary N) is 1. The molecule has 0 amide bonds. The SMILES string of the molecule is NC(CCCN1CCCC1C1CCCC1)=NO. The van der Waals surface area contributed by atoms with Crippen LogP contribution in [0.5, 0.6) is 0 Å². The molecule has 2 aliphatic rings. The summed E-state index contributed by atoms with van der Waals surface area (Å²) in [6.07, 6.45) is 10.2. The molecule has 0 aromatic rings. The summed E-state index contributed by atoms with van der Waals surface area (Å²) < 4.78 is 0. The molecule has 4 nitrogen and oxygen atoms in total. The van der Waals surface area contributed by atoms with Crippen molar-refractivity contribution in [2.45, 2.75) is 57.4 Å². The standard InChI is InChI=1S/C13H25N3O/c14-13(15-17)8-4-10-16-9-3-7-12(16)11-5-1-2-6-11/h11-12,17H,1-10H2,(H2,14,15). The summed E-state index contributed by atoms with van der Waals surface area (Å²) in [5.74, 6) is 1.31. The van der Waals surface area contributed by atoms with Crippen LogP contribution in [0.3, 0.4) is 0 Å². The van der Waals surface area contributed by atoms with Gasteiger partial charge in [0.05, 0.1) is 0 Å². The quantitative estimate of drug-likeness (QED) is 0.334. The maximum absolute atomic E-state index is 8.50. The van der Waals surface area contributed by atoms with Crippen LogP contribution in [0.15, 0.2) is 5.16 Å². The number of likely N-dealkylation sites (tertiary alicyclic amines) is 1. The summed E-state index contributed by atoms with van der Waals surface area (Å²) in [7, 11) is 0. The van der Waals surface area contributed by atoms with E-state index in [4.69, 9.17) is 10.9 Å². The van der Waals surface area contributed by atoms with E-state index >= 15 is 0 Å². The van der Waals surface area contributed by atoms with Crippen LogP contribution in [0.2, 0.25) is 0 Å². The van der Waals surface area contributed by atoms with Crippen LogP contribution in [0.4, 0.5) is 0 Å². The second kappa shape index (κ2) is 6.24. The molecule has 98 valence electrons. The summed E-state index contributed by atoms with van der Waals surface area (Å²) in [4.78, 5) is 2.64. The molecule has 2 fully saturated rings. The molecule has 1 aliphatic heterocycles. The molecule has 1 unspecified atom stereocenters. The lowest BCUT2D eigenvalue weighted by Crippen LogP contribution is -2.35. The lowest BCUT2D eigenvalue weighted by molar-refractivity contribution is 0.189. The van der Waals surface area contributed by atoms with E-state index in [0.717, 1.165) is 24.9 Å². The normalized spacial score (nSPS) is 28.0. The van der Waals surface area contributed by atoms with Gasteiger partial charge in [-0.3, -0.25) is 0 Å². The van der Waals surface area contributed by atoms with E-state index in [1.54, 1.807) is 0 Å². The summed E-state index contributed by atoms with van der Waals surface area (Å²) in [6.45, 7) is 2.36. The van der Waals surface area contributed by atoms with Gasteiger partial charge in [-0.15, -0.1) is 0 Å². The average molecular weight is 239 g/mol. The minimum Gasteiger partial charge on any atom is -0.409 e. The third kappa shape index (κ3) is 3.35. The van der Waals surface area contributed by atoms with Crippen LogP contribution in [0.1, 0.15) is 51.4 Å². The second-order valence-corrected chi connectivity index (χ2v) is 5.48. The zero-order valence-corrected chi connectivity index (χ0v) is 10.6. The van der Waals surface area contributed by atoms with Crippen molar-refractivity contribution in [1.29, 1.82) is 0 Å². The first kappa shape index (κ1) is 12.7. The Balaban J connectivity index is 1.75. The fraction of sp³-hybridized carbons (Fsp3) is 0.923. The van der Waals surface area contributed by atoms with E-state index in [1.807, 2.05) is 0 Å². The fourth-order valence-electron chi connectivity index (χ4n) is 3.52. The maximum atomic E-state index is 8.50. The molecule has 1 heterocycles. The van der Waals surface area contributed by atoms with Gasteiger partial charge in [0.25, 0.3) is 0 Å². The van der Waals surface area contributed by atoms with Crippen LogP contribution in [0, 0.1) is 5.92 Å². The number of rotatable bonds is 5. The van der Waals surface area contributed by atoms with Crippen molar-refractivity contribution in [1.82, 2.24) is 4.90 Å². The van der Waals surface area contributed by atoms with Gasteiger partial charge in [0.15, 0.2) is 0 Å². The van der Waals surface area contributed by atoms with Crippen LogP contribution >= 0.6 is 0 Å². The van der Waals surface area contributed by atoms with Gasteiger partial charge in [0, 0.05) is 12.5 Å². The Morgan fingerprint density at radius 3 is 2.71 bits per heavy atom. The molecule has 0 radical (unpaired) electrons. The van der Waals surface area contributed by atoms with Crippen molar-refractivity contribution in [3.8, 4) is 0 Å². The highest BCUT2D eigenvalue weighted by Crippen LogP contribution is 2.35. The van der Waals surface area contributed by atoms with E-state index in [9.17, 15) is 0 Å². The van der Waals surface area contributed by atoms with Gasteiger partial charge < -0.3 is 15.8 Å². The Kier molecular flexibility index (Phi) is 4.66. The van der Waals surface area contributed by atoms with Gasteiger partial charge >= 0.3 is 0 Å². The van der Waals surface area contributed by atoms with Crippen molar-refractivity contribution in [2.75, 3.05) is 13.1 Å². The molecule has 2 rings (SSSR count). The van der Waals surface area contributed by atoms with E-state index in [-0.39, 0.29) is 0 Å². The number of hydrogen-bond donors (Lipinski definition) is 2. The highest BCUT2D eigenvalue weighted by atomic mass is 16.4. The van der Waals surface area contributed by atoms with Gasteiger partial charge in [-0.25, -0.2) is 0 Å². The molecule has 1 saturated carbocycles. The molecular weight excluding hydrogens is 214 g/mol. The zero-order valence-electron chi connectivity index (χ0n) is 10.6. The molecule has 0 aromatic carbocycles. The minimum atomic E-state index is 0.363. The molecule has 0 aromatic heterocycles. The largest absolute Gasteiger partial charge is 0.409 e. The summed E-state index contributed by atoms with van der Waals surface area (Å²) in [6, 6.07) is 0.824. The average Bonchev–Trinajstić information content (AvgIpc) is 2.98. The molecule has 0 spiro atoms.